The van der Waals surface area contributed by atoms with Crippen LogP contribution in [-0.2, 0) is 14.8 Å². The molecule has 0 aliphatic carbocycles. The lowest BCUT2D eigenvalue weighted by molar-refractivity contribution is -0.114. The molecule has 9 heteroatoms. The molecule has 2 amide bonds. The number of carbonyl (C=O) groups excluding carboxylic acids is 2. The second kappa shape index (κ2) is 9.23. The van der Waals surface area contributed by atoms with Crippen LogP contribution in [0.3, 0.4) is 0 Å². The number of carbonyl (C=O) groups is 2. The van der Waals surface area contributed by atoms with Crippen LogP contribution in [0.5, 0.6) is 5.75 Å². The number of amides is 2. The largest absolute Gasteiger partial charge is 0.492 e. The van der Waals surface area contributed by atoms with Gasteiger partial charge in [0.2, 0.25) is 15.9 Å². The number of nitrogens with zero attached hydrogens (tertiary/aromatic N) is 1. The molecule has 0 heterocycles. The Hall–Kier alpha value is -3.07. The van der Waals surface area contributed by atoms with Gasteiger partial charge in [0.1, 0.15) is 12.4 Å². The summed E-state index contributed by atoms with van der Waals surface area (Å²) >= 11 is 0. The molecule has 0 bridgehead atoms. The van der Waals surface area contributed by atoms with Crippen molar-refractivity contribution in [3.63, 3.8) is 0 Å². The Morgan fingerprint density at radius 1 is 1.11 bits per heavy atom. The molecule has 28 heavy (non-hydrogen) atoms. The second-order valence-corrected chi connectivity index (χ2v) is 7.95. The van der Waals surface area contributed by atoms with Crippen molar-refractivity contribution in [3.05, 3.63) is 54.1 Å². The van der Waals surface area contributed by atoms with E-state index in [1.165, 1.54) is 30.0 Å². The van der Waals surface area contributed by atoms with Crippen LogP contribution in [-0.4, -0.2) is 51.6 Å². The van der Waals surface area contributed by atoms with E-state index < -0.39 is 15.9 Å². The highest BCUT2D eigenvalue weighted by Gasteiger charge is 2.19. The van der Waals surface area contributed by atoms with Crippen molar-refractivity contribution in [1.82, 2.24) is 4.90 Å². The number of benzene rings is 2. The first-order valence-electron chi connectivity index (χ1n) is 8.48. The Morgan fingerprint density at radius 2 is 1.79 bits per heavy atom. The molecule has 2 aromatic rings. The molecule has 0 fully saturated rings. The van der Waals surface area contributed by atoms with Crippen LogP contribution in [0.25, 0.3) is 0 Å². The van der Waals surface area contributed by atoms with E-state index in [1.807, 2.05) is 30.3 Å². The van der Waals surface area contributed by atoms with Crippen LogP contribution in [0.15, 0.2) is 48.5 Å². The SMILES string of the molecule is CC(=O)Nc1ccc(NS(C)(=O)=O)c(C(=O)N(C)CCOc2ccccc2)c1. The van der Waals surface area contributed by atoms with E-state index in [2.05, 4.69) is 10.0 Å². The first kappa shape index (κ1) is 21.2. The van der Waals surface area contributed by atoms with Crippen molar-refractivity contribution in [2.24, 2.45) is 0 Å². The molecule has 0 aromatic heterocycles. The molecule has 0 saturated carbocycles. The van der Waals surface area contributed by atoms with E-state index in [9.17, 15) is 18.0 Å². The molecule has 0 radical (unpaired) electrons. The maximum atomic E-state index is 12.9. The van der Waals surface area contributed by atoms with Crippen molar-refractivity contribution in [2.45, 2.75) is 6.92 Å². The molecule has 2 N–H and O–H groups in total. The summed E-state index contributed by atoms with van der Waals surface area (Å²) in [6.45, 7) is 1.90. The molecule has 0 spiro atoms. The molecule has 2 rings (SSSR count). The monoisotopic (exact) mass is 405 g/mol. The van der Waals surface area contributed by atoms with Gasteiger partial charge in [-0.2, -0.15) is 0 Å². The van der Waals surface area contributed by atoms with Crippen LogP contribution in [0.2, 0.25) is 0 Å². The van der Waals surface area contributed by atoms with E-state index in [0.29, 0.717) is 11.4 Å². The second-order valence-electron chi connectivity index (χ2n) is 6.20. The third kappa shape index (κ3) is 6.58. The predicted octanol–water partition coefficient (Wildman–Crippen LogP) is 2.17. The van der Waals surface area contributed by atoms with Crippen molar-refractivity contribution in [1.29, 1.82) is 0 Å². The number of nitrogens with one attached hydrogen (secondary N) is 2. The Bertz CT molecular complexity index is 945. The van der Waals surface area contributed by atoms with Gasteiger partial charge in [-0.25, -0.2) is 8.42 Å². The number of anilines is 2. The highest BCUT2D eigenvalue weighted by atomic mass is 32.2. The number of para-hydroxylation sites is 1. The van der Waals surface area contributed by atoms with Crippen LogP contribution < -0.4 is 14.8 Å². The summed E-state index contributed by atoms with van der Waals surface area (Å²) in [4.78, 5) is 25.6. The summed E-state index contributed by atoms with van der Waals surface area (Å²) in [6, 6.07) is 13.6. The van der Waals surface area contributed by atoms with E-state index >= 15 is 0 Å². The van der Waals surface area contributed by atoms with Gasteiger partial charge >= 0.3 is 0 Å². The maximum Gasteiger partial charge on any atom is 0.255 e. The molecular formula is C19H23N3O5S. The van der Waals surface area contributed by atoms with Gasteiger partial charge < -0.3 is 15.0 Å². The minimum atomic E-state index is -3.58. The predicted molar refractivity (Wildman–Crippen MR) is 108 cm³/mol. The number of sulfonamides is 1. The zero-order chi connectivity index (χ0) is 20.7. The summed E-state index contributed by atoms with van der Waals surface area (Å²) in [7, 11) is -1.99. The standard InChI is InChI=1S/C19H23N3O5S/c1-14(23)20-15-9-10-18(21-28(3,25)26)17(13-15)19(24)22(2)11-12-27-16-7-5-4-6-8-16/h4-10,13,21H,11-12H2,1-3H3,(H,20,23). The van der Waals surface area contributed by atoms with Crippen LogP contribution in [0, 0.1) is 0 Å². The summed E-state index contributed by atoms with van der Waals surface area (Å²) < 4.78 is 31.1. The van der Waals surface area contributed by atoms with Gasteiger partial charge in [-0.05, 0) is 30.3 Å². The number of rotatable bonds is 8. The van der Waals surface area contributed by atoms with Crippen LogP contribution >= 0.6 is 0 Å². The minimum absolute atomic E-state index is 0.124. The zero-order valence-corrected chi connectivity index (χ0v) is 16.7. The average Bonchev–Trinajstić information content (AvgIpc) is 2.61. The number of hydrogen-bond donors (Lipinski definition) is 2. The summed E-state index contributed by atoms with van der Waals surface area (Å²) in [5.74, 6) is -0.0164. The topological polar surface area (TPSA) is 105 Å². The fourth-order valence-electron chi connectivity index (χ4n) is 2.42. The Kier molecular flexibility index (Phi) is 7.00. The van der Waals surface area contributed by atoms with Gasteiger partial charge in [-0.15, -0.1) is 0 Å². The Balaban J connectivity index is 2.16. The van der Waals surface area contributed by atoms with Crippen LogP contribution in [0.1, 0.15) is 17.3 Å². The van der Waals surface area contributed by atoms with Crippen molar-refractivity contribution < 1.29 is 22.7 Å². The lowest BCUT2D eigenvalue weighted by atomic mass is 10.1. The summed E-state index contributed by atoms with van der Waals surface area (Å²) in [6.07, 6.45) is 1.00. The third-order valence-electron chi connectivity index (χ3n) is 3.65. The highest BCUT2D eigenvalue weighted by molar-refractivity contribution is 7.92. The van der Waals surface area contributed by atoms with Gasteiger partial charge in [0.05, 0.1) is 24.1 Å². The van der Waals surface area contributed by atoms with Gasteiger partial charge in [0, 0.05) is 19.7 Å². The number of likely N-dealkylation sites (N-methyl/N-ethyl adjacent to an activating group) is 1. The van der Waals surface area contributed by atoms with Gasteiger partial charge in [-0.3, -0.25) is 14.3 Å². The molecular weight excluding hydrogens is 382 g/mol. The normalized spacial score (nSPS) is 10.8. The molecule has 0 saturated heterocycles. The molecule has 0 aliphatic rings. The van der Waals surface area contributed by atoms with Crippen LogP contribution in [0.4, 0.5) is 11.4 Å². The smallest absolute Gasteiger partial charge is 0.255 e. The molecule has 0 atom stereocenters. The van der Waals surface area contributed by atoms with E-state index in [-0.39, 0.29) is 30.3 Å². The zero-order valence-electron chi connectivity index (χ0n) is 15.9. The maximum absolute atomic E-state index is 12.9. The Labute approximate surface area is 164 Å². The molecule has 0 unspecified atom stereocenters. The van der Waals surface area contributed by atoms with Gasteiger partial charge in [0.15, 0.2) is 0 Å². The van der Waals surface area contributed by atoms with Crippen molar-refractivity contribution in [3.8, 4) is 5.75 Å². The highest BCUT2D eigenvalue weighted by Crippen LogP contribution is 2.23. The van der Waals surface area contributed by atoms with E-state index in [1.54, 1.807) is 7.05 Å². The first-order chi connectivity index (χ1) is 13.2. The number of ether oxygens (including phenoxy) is 1. The van der Waals surface area contributed by atoms with E-state index in [4.69, 9.17) is 4.74 Å². The number of hydrogen-bond acceptors (Lipinski definition) is 5. The summed E-state index contributed by atoms with van der Waals surface area (Å²) in [5, 5.41) is 2.58. The molecule has 150 valence electrons. The first-order valence-corrected chi connectivity index (χ1v) is 10.4. The van der Waals surface area contributed by atoms with E-state index in [0.717, 1.165) is 6.26 Å². The third-order valence-corrected chi connectivity index (χ3v) is 4.24. The minimum Gasteiger partial charge on any atom is -0.492 e. The quantitative estimate of drug-likeness (QED) is 0.700. The lowest BCUT2D eigenvalue weighted by Gasteiger charge is -2.20. The molecule has 8 nitrogen and oxygen atoms in total. The fourth-order valence-corrected chi connectivity index (χ4v) is 2.99. The molecule has 2 aromatic carbocycles. The van der Waals surface area contributed by atoms with Crippen molar-refractivity contribution >= 4 is 33.2 Å². The van der Waals surface area contributed by atoms with Gasteiger partial charge in [0.25, 0.3) is 5.91 Å². The van der Waals surface area contributed by atoms with Gasteiger partial charge in [-0.1, -0.05) is 18.2 Å². The Morgan fingerprint density at radius 3 is 2.39 bits per heavy atom. The molecule has 0 aliphatic heterocycles. The lowest BCUT2D eigenvalue weighted by Crippen LogP contribution is -2.31. The summed E-state index contributed by atoms with van der Waals surface area (Å²) in [5.41, 5.74) is 0.653. The fraction of sp³-hybridized carbons (Fsp3) is 0.263. The average molecular weight is 405 g/mol. The van der Waals surface area contributed by atoms with Crippen molar-refractivity contribution in [2.75, 3.05) is 36.5 Å².